The molecule has 0 atom stereocenters. The largest absolute Gasteiger partial charge is 0.292 e. The van der Waals surface area contributed by atoms with E-state index in [9.17, 15) is 9.59 Å². The monoisotopic (exact) mass is 379 g/mol. The highest BCUT2D eigenvalue weighted by Crippen LogP contribution is 2.43. The lowest BCUT2D eigenvalue weighted by Gasteiger charge is -2.17. The van der Waals surface area contributed by atoms with Crippen LogP contribution in [0.4, 0.5) is 0 Å². The Labute approximate surface area is 126 Å². The number of benzene rings is 1. The first-order valence-electron chi connectivity index (χ1n) is 5.55. The van der Waals surface area contributed by atoms with E-state index in [1.807, 2.05) is 0 Å². The average Bonchev–Trinajstić information content (AvgIpc) is 2.63. The number of halogens is 2. The molecule has 0 saturated carbocycles. The van der Waals surface area contributed by atoms with Crippen molar-refractivity contribution in [2.24, 2.45) is 0 Å². The zero-order valence-corrected chi connectivity index (χ0v) is 12.7. The number of hydrogen-bond acceptors (Lipinski definition) is 3. The molecule has 0 saturated heterocycles. The maximum atomic E-state index is 12.5. The molecule has 0 amide bonds. The first-order valence-corrected chi connectivity index (χ1v) is 7.14. The maximum Gasteiger partial charge on any atom is 0.194 e. The molecule has 19 heavy (non-hydrogen) atoms. The van der Waals surface area contributed by atoms with Crippen LogP contribution in [0.1, 0.15) is 26.4 Å². The summed E-state index contributed by atoms with van der Waals surface area (Å²) in [6.07, 6.45) is 0. The van der Waals surface area contributed by atoms with E-state index in [1.165, 1.54) is 0 Å². The van der Waals surface area contributed by atoms with E-state index in [2.05, 4.69) is 36.8 Å². The highest BCUT2D eigenvalue weighted by molar-refractivity contribution is 9.10. The topological polar surface area (TPSA) is 47.0 Å². The van der Waals surface area contributed by atoms with Gasteiger partial charge in [0.05, 0.1) is 5.69 Å². The minimum Gasteiger partial charge on any atom is -0.292 e. The average molecular weight is 381 g/mol. The smallest absolute Gasteiger partial charge is 0.194 e. The Morgan fingerprint density at radius 1 is 0.895 bits per heavy atom. The predicted molar refractivity (Wildman–Crippen MR) is 77.6 cm³/mol. The van der Waals surface area contributed by atoms with Crippen LogP contribution in [0.25, 0.3) is 0 Å². The number of fused-ring (bicyclic) bond motifs is 1. The quantitative estimate of drug-likeness (QED) is 0.432. The second-order valence-corrected chi connectivity index (χ2v) is 6.21. The van der Waals surface area contributed by atoms with E-state index in [0.717, 1.165) is 0 Å². The van der Waals surface area contributed by atoms with Crippen LogP contribution in [0.5, 0.6) is 0 Å². The van der Waals surface area contributed by atoms with Crippen LogP contribution >= 0.6 is 31.9 Å². The second-order valence-electron chi connectivity index (χ2n) is 4.21. The van der Waals surface area contributed by atoms with Gasteiger partial charge in [-0.25, -0.2) is 4.98 Å². The minimum atomic E-state index is -1.40. The number of ketones is 2. The summed E-state index contributed by atoms with van der Waals surface area (Å²) in [7, 11) is 0. The van der Waals surface area contributed by atoms with E-state index in [1.54, 1.807) is 42.5 Å². The summed E-state index contributed by atoms with van der Waals surface area (Å²) in [5.74, 6) is -0.530. The molecule has 5 heteroatoms. The summed E-state index contributed by atoms with van der Waals surface area (Å²) in [6, 6.07) is 12.0. The predicted octanol–water partition coefficient (Wildman–Crippen LogP) is 3.51. The number of aromatic nitrogens is 1. The number of nitrogens with zero attached hydrogens (tertiary/aromatic N) is 1. The molecule has 1 heterocycles. The summed E-state index contributed by atoms with van der Waals surface area (Å²) in [6.45, 7) is 0. The molecular formula is C14H7Br2NO2. The van der Waals surface area contributed by atoms with Gasteiger partial charge in [0.1, 0.15) is 4.60 Å². The summed E-state index contributed by atoms with van der Waals surface area (Å²) in [4.78, 5) is 29.3. The Bertz CT molecular complexity index is 677. The Kier molecular flexibility index (Phi) is 2.91. The van der Waals surface area contributed by atoms with Crippen molar-refractivity contribution in [1.82, 2.24) is 4.98 Å². The molecule has 0 radical (unpaired) electrons. The third-order valence-electron chi connectivity index (χ3n) is 3.11. The summed E-state index contributed by atoms with van der Waals surface area (Å²) in [5, 5.41) is 0. The van der Waals surface area contributed by atoms with Gasteiger partial charge in [-0.15, -0.1) is 0 Å². The number of alkyl halides is 1. The van der Waals surface area contributed by atoms with Crippen LogP contribution in [0, 0.1) is 0 Å². The van der Waals surface area contributed by atoms with Gasteiger partial charge in [-0.05, 0) is 28.1 Å². The van der Waals surface area contributed by atoms with Crippen molar-refractivity contribution in [3.63, 3.8) is 0 Å². The molecule has 3 nitrogen and oxygen atoms in total. The number of rotatable bonds is 1. The normalized spacial score (nSPS) is 16.5. The standard InChI is InChI=1S/C14H7Br2NO2/c15-11-7-3-6-10(17-11)14(16)12(18)8-4-1-2-5-9(8)13(14)19/h1-7H. The van der Waals surface area contributed by atoms with Crippen molar-refractivity contribution in [2.75, 3.05) is 0 Å². The third kappa shape index (κ3) is 1.72. The minimum absolute atomic E-state index is 0.265. The van der Waals surface area contributed by atoms with E-state index < -0.39 is 4.32 Å². The van der Waals surface area contributed by atoms with Crippen LogP contribution in [0.3, 0.4) is 0 Å². The van der Waals surface area contributed by atoms with Gasteiger partial charge in [-0.2, -0.15) is 0 Å². The van der Waals surface area contributed by atoms with Crippen molar-refractivity contribution >= 4 is 43.4 Å². The number of carbonyl (C=O) groups is 2. The molecule has 2 aromatic rings. The summed E-state index contributed by atoms with van der Waals surface area (Å²) in [5.41, 5.74) is 1.27. The van der Waals surface area contributed by atoms with Gasteiger partial charge in [0.2, 0.25) is 0 Å². The molecule has 1 aliphatic rings. The number of Topliss-reactive ketones (excluding diaryl/α,β-unsaturated/α-hetero) is 2. The van der Waals surface area contributed by atoms with Crippen molar-refractivity contribution in [3.8, 4) is 0 Å². The number of pyridine rings is 1. The molecule has 0 unspecified atom stereocenters. The van der Waals surface area contributed by atoms with Gasteiger partial charge < -0.3 is 0 Å². The summed E-state index contributed by atoms with van der Waals surface area (Å²) < 4.78 is -0.819. The Morgan fingerprint density at radius 3 is 2.00 bits per heavy atom. The molecule has 1 aromatic heterocycles. The van der Waals surface area contributed by atoms with Crippen molar-refractivity contribution in [2.45, 2.75) is 4.32 Å². The molecule has 0 spiro atoms. The fraction of sp³-hybridized carbons (Fsp3) is 0.0714. The highest BCUT2D eigenvalue weighted by Gasteiger charge is 2.53. The van der Waals surface area contributed by atoms with Crippen LogP contribution < -0.4 is 0 Å². The van der Waals surface area contributed by atoms with Gasteiger partial charge in [0, 0.05) is 11.1 Å². The van der Waals surface area contributed by atoms with E-state index in [4.69, 9.17) is 0 Å². The molecular weight excluding hydrogens is 374 g/mol. The van der Waals surface area contributed by atoms with Crippen LogP contribution in [-0.2, 0) is 4.32 Å². The summed E-state index contributed by atoms with van der Waals surface area (Å²) >= 11 is 6.57. The van der Waals surface area contributed by atoms with Gasteiger partial charge in [-0.1, -0.05) is 46.3 Å². The van der Waals surface area contributed by atoms with E-state index in [-0.39, 0.29) is 11.6 Å². The molecule has 3 rings (SSSR count). The lowest BCUT2D eigenvalue weighted by Crippen LogP contribution is -2.32. The van der Waals surface area contributed by atoms with Crippen molar-refractivity contribution in [3.05, 3.63) is 63.9 Å². The van der Waals surface area contributed by atoms with Crippen molar-refractivity contribution < 1.29 is 9.59 Å². The fourth-order valence-corrected chi connectivity index (χ4v) is 3.18. The maximum absolute atomic E-state index is 12.5. The lowest BCUT2D eigenvalue weighted by molar-refractivity contribution is 0.0869. The van der Waals surface area contributed by atoms with Gasteiger partial charge in [0.25, 0.3) is 0 Å². The molecule has 1 aliphatic carbocycles. The highest BCUT2D eigenvalue weighted by atomic mass is 79.9. The van der Waals surface area contributed by atoms with Crippen LogP contribution in [0.15, 0.2) is 47.1 Å². The molecule has 0 N–H and O–H groups in total. The SMILES string of the molecule is O=C1c2ccccc2C(=O)C1(Br)c1cccc(Br)n1. The molecule has 0 aliphatic heterocycles. The van der Waals surface area contributed by atoms with Gasteiger partial charge in [0.15, 0.2) is 15.9 Å². The van der Waals surface area contributed by atoms with E-state index in [0.29, 0.717) is 21.4 Å². The lowest BCUT2D eigenvalue weighted by atomic mass is 9.99. The fourth-order valence-electron chi connectivity index (χ4n) is 2.19. The third-order valence-corrected chi connectivity index (χ3v) is 4.68. The van der Waals surface area contributed by atoms with Gasteiger partial charge >= 0.3 is 0 Å². The van der Waals surface area contributed by atoms with Crippen LogP contribution in [0.2, 0.25) is 0 Å². The zero-order chi connectivity index (χ0) is 13.6. The molecule has 0 bridgehead atoms. The molecule has 94 valence electrons. The van der Waals surface area contributed by atoms with Gasteiger partial charge in [-0.3, -0.25) is 9.59 Å². The second kappa shape index (κ2) is 4.35. The Hall–Kier alpha value is -1.33. The first-order chi connectivity index (χ1) is 9.05. The van der Waals surface area contributed by atoms with E-state index >= 15 is 0 Å². The Morgan fingerprint density at radius 2 is 1.47 bits per heavy atom. The molecule has 0 fully saturated rings. The Balaban J connectivity index is 2.23. The molecule has 1 aromatic carbocycles. The van der Waals surface area contributed by atoms with Crippen LogP contribution in [-0.4, -0.2) is 16.6 Å². The number of carbonyl (C=O) groups excluding carboxylic acids is 2. The van der Waals surface area contributed by atoms with Crippen molar-refractivity contribution in [1.29, 1.82) is 0 Å². The number of hydrogen-bond donors (Lipinski definition) is 0. The zero-order valence-electron chi connectivity index (χ0n) is 9.56. The first kappa shape index (κ1) is 12.7.